The molecule has 4 heteroatoms. The van der Waals surface area contributed by atoms with Gasteiger partial charge in [0.25, 0.3) is 5.91 Å². The van der Waals surface area contributed by atoms with Crippen LogP contribution in [0.3, 0.4) is 0 Å². The molecule has 18 heavy (non-hydrogen) atoms. The molecule has 1 amide bonds. The Morgan fingerprint density at radius 1 is 1.28 bits per heavy atom. The van der Waals surface area contributed by atoms with Crippen molar-refractivity contribution < 1.29 is 14.3 Å². The Bertz CT molecular complexity index is 416. The standard InChI is InChI=1S/C14H21NO3/c1-10(2)9-15(3)14(16)11-7-6-8-12(17-4)13(11)18-5/h6-8,10H,9H2,1-5H3. The lowest BCUT2D eigenvalue weighted by atomic mass is 10.1. The van der Waals surface area contributed by atoms with Gasteiger partial charge in [0.1, 0.15) is 0 Å². The number of amides is 1. The van der Waals surface area contributed by atoms with Gasteiger partial charge in [-0.3, -0.25) is 4.79 Å². The van der Waals surface area contributed by atoms with Crippen molar-refractivity contribution in [2.75, 3.05) is 27.8 Å². The van der Waals surface area contributed by atoms with Crippen molar-refractivity contribution in [3.63, 3.8) is 0 Å². The molecule has 0 radical (unpaired) electrons. The van der Waals surface area contributed by atoms with E-state index in [4.69, 9.17) is 9.47 Å². The monoisotopic (exact) mass is 251 g/mol. The first kappa shape index (κ1) is 14.4. The molecule has 0 aliphatic carbocycles. The van der Waals surface area contributed by atoms with Gasteiger partial charge in [-0.1, -0.05) is 19.9 Å². The highest BCUT2D eigenvalue weighted by molar-refractivity contribution is 5.97. The van der Waals surface area contributed by atoms with E-state index in [2.05, 4.69) is 13.8 Å². The Labute approximate surface area is 108 Å². The van der Waals surface area contributed by atoms with Crippen molar-refractivity contribution in [2.24, 2.45) is 5.92 Å². The molecule has 0 aliphatic heterocycles. The van der Waals surface area contributed by atoms with E-state index in [1.165, 1.54) is 7.11 Å². The third-order valence-corrected chi connectivity index (χ3v) is 2.62. The summed E-state index contributed by atoms with van der Waals surface area (Å²) in [6.07, 6.45) is 0. The average Bonchev–Trinajstić information content (AvgIpc) is 2.35. The third kappa shape index (κ3) is 3.15. The Kier molecular flexibility index (Phi) is 5.01. The number of carbonyl (C=O) groups excluding carboxylic acids is 1. The highest BCUT2D eigenvalue weighted by Gasteiger charge is 2.19. The van der Waals surface area contributed by atoms with Gasteiger partial charge in [-0.25, -0.2) is 0 Å². The number of hydrogen-bond donors (Lipinski definition) is 0. The van der Waals surface area contributed by atoms with E-state index in [-0.39, 0.29) is 5.91 Å². The van der Waals surface area contributed by atoms with E-state index in [0.717, 1.165) is 0 Å². The van der Waals surface area contributed by atoms with Crippen molar-refractivity contribution in [3.05, 3.63) is 23.8 Å². The lowest BCUT2D eigenvalue weighted by Crippen LogP contribution is -2.30. The van der Waals surface area contributed by atoms with E-state index in [1.807, 2.05) is 0 Å². The minimum absolute atomic E-state index is 0.0561. The fourth-order valence-corrected chi connectivity index (χ4v) is 1.89. The quantitative estimate of drug-likeness (QED) is 0.806. The maximum absolute atomic E-state index is 12.3. The first-order valence-corrected chi connectivity index (χ1v) is 5.97. The normalized spacial score (nSPS) is 10.3. The summed E-state index contributed by atoms with van der Waals surface area (Å²) in [6, 6.07) is 5.32. The van der Waals surface area contributed by atoms with E-state index < -0.39 is 0 Å². The van der Waals surface area contributed by atoms with Crippen molar-refractivity contribution in [3.8, 4) is 11.5 Å². The molecule has 0 aliphatic rings. The molecule has 100 valence electrons. The van der Waals surface area contributed by atoms with Gasteiger partial charge in [0.05, 0.1) is 19.8 Å². The molecule has 0 saturated heterocycles. The van der Waals surface area contributed by atoms with Crippen LogP contribution in [0.15, 0.2) is 18.2 Å². The second-order valence-electron chi connectivity index (χ2n) is 4.62. The van der Waals surface area contributed by atoms with Crippen LogP contribution in [0, 0.1) is 5.92 Å². The van der Waals surface area contributed by atoms with Gasteiger partial charge in [-0.15, -0.1) is 0 Å². The molecular weight excluding hydrogens is 230 g/mol. The summed E-state index contributed by atoms with van der Waals surface area (Å²) in [7, 11) is 4.89. The van der Waals surface area contributed by atoms with Gasteiger partial charge in [0.15, 0.2) is 11.5 Å². The van der Waals surface area contributed by atoms with Crippen LogP contribution in [0.2, 0.25) is 0 Å². The van der Waals surface area contributed by atoms with Crippen LogP contribution in [0.4, 0.5) is 0 Å². The minimum Gasteiger partial charge on any atom is -0.493 e. The maximum Gasteiger partial charge on any atom is 0.257 e. The van der Waals surface area contributed by atoms with Gasteiger partial charge < -0.3 is 14.4 Å². The Balaban J connectivity index is 3.05. The lowest BCUT2D eigenvalue weighted by Gasteiger charge is -2.21. The topological polar surface area (TPSA) is 38.8 Å². The van der Waals surface area contributed by atoms with E-state index in [1.54, 1.807) is 37.3 Å². The summed E-state index contributed by atoms with van der Waals surface area (Å²) in [5.74, 6) is 1.43. The van der Waals surface area contributed by atoms with Crippen LogP contribution in [-0.4, -0.2) is 38.6 Å². The van der Waals surface area contributed by atoms with Crippen molar-refractivity contribution in [2.45, 2.75) is 13.8 Å². The fourth-order valence-electron chi connectivity index (χ4n) is 1.89. The van der Waals surface area contributed by atoms with Gasteiger partial charge in [0, 0.05) is 13.6 Å². The summed E-state index contributed by atoms with van der Waals surface area (Å²) in [5, 5.41) is 0. The highest BCUT2D eigenvalue weighted by atomic mass is 16.5. The van der Waals surface area contributed by atoms with Crippen LogP contribution < -0.4 is 9.47 Å². The molecule has 0 heterocycles. The Morgan fingerprint density at radius 2 is 1.94 bits per heavy atom. The molecule has 0 fully saturated rings. The van der Waals surface area contributed by atoms with Gasteiger partial charge in [-0.05, 0) is 18.1 Å². The van der Waals surface area contributed by atoms with Gasteiger partial charge >= 0.3 is 0 Å². The first-order valence-electron chi connectivity index (χ1n) is 5.97. The zero-order chi connectivity index (χ0) is 13.7. The van der Waals surface area contributed by atoms with Crippen molar-refractivity contribution in [1.82, 2.24) is 4.90 Å². The first-order chi connectivity index (χ1) is 8.51. The van der Waals surface area contributed by atoms with Gasteiger partial charge in [0.2, 0.25) is 0 Å². The number of carbonyl (C=O) groups is 1. The van der Waals surface area contributed by atoms with Crippen LogP contribution in [0.5, 0.6) is 11.5 Å². The van der Waals surface area contributed by atoms with E-state index >= 15 is 0 Å². The molecule has 1 aromatic carbocycles. The molecule has 0 atom stereocenters. The van der Waals surface area contributed by atoms with Crippen LogP contribution in [-0.2, 0) is 0 Å². The zero-order valence-electron chi connectivity index (χ0n) is 11.7. The number of para-hydroxylation sites is 1. The minimum atomic E-state index is -0.0561. The second kappa shape index (κ2) is 6.28. The van der Waals surface area contributed by atoms with Crippen LogP contribution in [0.25, 0.3) is 0 Å². The summed E-state index contributed by atoms with van der Waals surface area (Å²) in [5.41, 5.74) is 0.528. The molecule has 0 unspecified atom stereocenters. The number of methoxy groups -OCH3 is 2. The van der Waals surface area contributed by atoms with Gasteiger partial charge in [-0.2, -0.15) is 0 Å². The molecule has 0 N–H and O–H groups in total. The summed E-state index contributed by atoms with van der Waals surface area (Å²) in [4.78, 5) is 14.0. The average molecular weight is 251 g/mol. The molecular formula is C14H21NO3. The van der Waals surface area contributed by atoms with Crippen molar-refractivity contribution >= 4 is 5.91 Å². The number of benzene rings is 1. The Morgan fingerprint density at radius 3 is 2.44 bits per heavy atom. The summed E-state index contributed by atoms with van der Waals surface area (Å²) in [6.45, 7) is 4.86. The molecule has 4 nitrogen and oxygen atoms in total. The van der Waals surface area contributed by atoms with Crippen LogP contribution >= 0.6 is 0 Å². The summed E-state index contributed by atoms with van der Waals surface area (Å²) >= 11 is 0. The zero-order valence-corrected chi connectivity index (χ0v) is 11.7. The molecule has 0 aromatic heterocycles. The second-order valence-corrected chi connectivity index (χ2v) is 4.62. The number of ether oxygens (including phenoxy) is 2. The predicted octanol–water partition coefficient (Wildman–Crippen LogP) is 2.43. The largest absolute Gasteiger partial charge is 0.493 e. The fraction of sp³-hybridized carbons (Fsp3) is 0.500. The molecule has 1 rings (SSSR count). The van der Waals surface area contributed by atoms with E-state index in [0.29, 0.717) is 29.5 Å². The van der Waals surface area contributed by atoms with E-state index in [9.17, 15) is 4.79 Å². The third-order valence-electron chi connectivity index (χ3n) is 2.62. The smallest absolute Gasteiger partial charge is 0.257 e. The SMILES string of the molecule is COc1cccc(C(=O)N(C)CC(C)C)c1OC. The van der Waals surface area contributed by atoms with Crippen LogP contribution in [0.1, 0.15) is 24.2 Å². The number of nitrogens with zero attached hydrogens (tertiary/aromatic N) is 1. The maximum atomic E-state index is 12.3. The molecule has 1 aromatic rings. The molecule has 0 saturated carbocycles. The number of rotatable bonds is 5. The Hall–Kier alpha value is -1.71. The predicted molar refractivity (Wildman–Crippen MR) is 71.3 cm³/mol. The highest BCUT2D eigenvalue weighted by Crippen LogP contribution is 2.31. The van der Waals surface area contributed by atoms with Crippen molar-refractivity contribution in [1.29, 1.82) is 0 Å². The molecule has 0 bridgehead atoms. The number of hydrogen-bond acceptors (Lipinski definition) is 3. The molecule has 0 spiro atoms. The summed E-state index contributed by atoms with van der Waals surface area (Å²) < 4.78 is 10.5. The lowest BCUT2D eigenvalue weighted by molar-refractivity contribution is 0.0775.